The zero-order chi connectivity index (χ0) is 21.1. The highest BCUT2D eigenvalue weighted by atomic mass is 32.2. The Labute approximate surface area is 173 Å². The maximum Gasteiger partial charge on any atom is 0.355 e. The minimum absolute atomic E-state index is 0.105. The summed E-state index contributed by atoms with van der Waals surface area (Å²) in [6, 6.07) is 6.01. The molecule has 0 saturated heterocycles. The van der Waals surface area contributed by atoms with Crippen LogP contribution in [-0.2, 0) is 4.74 Å². The highest BCUT2D eigenvalue weighted by Gasteiger charge is 2.23. The SMILES string of the molecule is CCOC(=O)c1[nH]c(C)c(C(=O)CSc2nnnn2-c2ccc(C)cc2C)c1C. The predicted octanol–water partition coefficient (Wildman–Crippen LogP) is 3.38. The molecule has 0 aliphatic carbocycles. The number of benzene rings is 1. The lowest BCUT2D eigenvalue weighted by molar-refractivity contribution is 0.0519. The molecule has 0 amide bonds. The summed E-state index contributed by atoms with van der Waals surface area (Å²) in [5, 5.41) is 12.4. The van der Waals surface area contributed by atoms with Gasteiger partial charge in [0.15, 0.2) is 5.78 Å². The van der Waals surface area contributed by atoms with Crippen LogP contribution in [0.15, 0.2) is 23.4 Å². The molecule has 0 radical (unpaired) electrons. The molecule has 0 unspecified atom stereocenters. The summed E-state index contributed by atoms with van der Waals surface area (Å²) in [6.45, 7) is 9.55. The Bertz CT molecular complexity index is 1070. The third-order valence-electron chi connectivity index (χ3n) is 4.55. The van der Waals surface area contributed by atoms with Crippen molar-refractivity contribution < 1.29 is 14.3 Å². The van der Waals surface area contributed by atoms with E-state index in [0.29, 0.717) is 27.7 Å². The molecule has 0 saturated carbocycles. The van der Waals surface area contributed by atoms with E-state index in [-0.39, 0.29) is 18.1 Å². The van der Waals surface area contributed by atoms with Gasteiger partial charge in [0.05, 0.1) is 18.0 Å². The molecule has 1 N–H and O–H groups in total. The first-order valence-corrected chi connectivity index (χ1v) is 10.2. The number of hydrogen-bond acceptors (Lipinski definition) is 7. The molecule has 0 atom stereocenters. The topological polar surface area (TPSA) is 103 Å². The molecule has 152 valence electrons. The van der Waals surface area contributed by atoms with Crippen LogP contribution in [0.5, 0.6) is 0 Å². The number of tetrazole rings is 1. The van der Waals surface area contributed by atoms with E-state index >= 15 is 0 Å². The number of ketones is 1. The molecule has 3 aromatic rings. The van der Waals surface area contributed by atoms with Crippen LogP contribution >= 0.6 is 11.8 Å². The van der Waals surface area contributed by atoms with Crippen LogP contribution in [0.2, 0.25) is 0 Å². The first-order valence-electron chi connectivity index (χ1n) is 9.21. The number of carbonyl (C=O) groups excluding carboxylic acids is 2. The third kappa shape index (κ3) is 4.24. The van der Waals surface area contributed by atoms with Gasteiger partial charge in [0.2, 0.25) is 5.16 Å². The number of nitrogens with one attached hydrogen (secondary N) is 1. The maximum absolute atomic E-state index is 12.9. The molecule has 9 heteroatoms. The van der Waals surface area contributed by atoms with Crippen LogP contribution in [0.3, 0.4) is 0 Å². The van der Waals surface area contributed by atoms with Gasteiger partial charge >= 0.3 is 5.97 Å². The fraction of sp³-hybridized carbons (Fsp3) is 0.350. The number of Topliss-reactive ketones (excluding diaryl/α,β-unsaturated/α-hetero) is 1. The van der Waals surface area contributed by atoms with Crippen LogP contribution in [0.1, 0.15) is 50.2 Å². The summed E-state index contributed by atoms with van der Waals surface area (Å²) < 4.78 is 6.68. The molecule has 2 heterocycles. The molecule has 0 fully saturated rings. The quantitative estimate of drug-likeness (QED) is 0.360. The van der Waals surface area contributed by atoms with Gasteiger partial charge in [0.25, 0.3) is 0 Å². The van der Waals surface area contributed by atoms with Gasteiger partial charge in [-0.1, -0.05) is 29.5 Å². The number of aromatic nitrogens is 5. The Hall–Kier alpha value is -2.94. The van der Waals surface area contributed by atoms with Crippen molar-refractivity contribution >= 4 is 23.5 Å². The molecule has 0 aliphatic heterocycles. The van der Waals surface area contributed by atoms with E-state index in [2.05, 4.69) is 26.6 Å². The van der Waals surface area contributed by atoms with E-state index in [4.69, 9.17) is 4.74 Å². The molecule has 0 aliphatic rings. The van der Waals surface area contributed by atoms with Gasteiger partial charge in [-0.05, 0) is 62.2 Å². The average Bonchev–Trinajstić information content (AvgIpc) is 3.24. The first-order chi connectivity index (χ1) is 13.8. The molecule has 2 aromatic heterocycles. The Morgan fingerprint density at radius 3 is 2.66 bits per heavy atom. The standard InChI is InChI=1S/C20H23N5O3S/c1-6-28-19(27)18-13(4)17(14(5)21-18)16(26)10-29-20-22-23-24-25(20)15-8-7-11(2)9-12(15)3/h7-9,21H,6,10H2,1-5H3. The summed E-state index contributed by atoms with van der Waals surface area (Å²) in [5.74, 6) is -0.418. The highest BCUT2D eigenvalue weighted by Crippen LogP contribution is 2.25. The highest BCUT2D eigenvalue weighted by molar-refractivity contribution is 7.99. The van der Waals surface area contributed by atoms with Gasteiger partial charge in [-0.2, -0.15) is 4.68 Å². The second-order valence-corrected chi connectivity index (χ2v) is 7.66. The number of carbonyl (C=O) groups is 2. The summed E-state index contributed by atoms with van der Waals surface area (Å²) in [4.78, 5) is 27.9. The number of esters is 1. The third-order valence-corrected chi connectivity index (χ3v) is 5.47. The summed E-state index contributed by atoms with van der Waals surface area (Å²) >= 11 is 1.26. The molecular formula is C20H23N5O3S. The number of rotatable bonds is 7. The Balaban J connectivity index is 1.79. The van der Waals surface area contributed by atoms with Crippen molar-refractivity contribution in [1.29, 1.82) is 0 Å². The number of hydrogen-bond donors (Lipinski definition) is 1. The van der Waals surface area contributed by atoms with Crippen LogP contribution in [-0.4, -0.2) is 49.3 Å². The fourth-order valence-corrected chi connectivity index (χ4v) is 4.00. The van der Waals surface area contributed by atoms with Crippen LogP contribution < -0.4 is 0 Å². The number of aromatic amines is 1. The molecule has 0 bridgehead atoms. The Kier molecular flexibility index (Phi) is 6.17. The smallest absolute Gasteiger partial charge is 0.355 e. The summed E-state index contributed by atoms with van der Waals surface area (Å²) in [7, 11) is 0. The fourth-order valence-electron chi connectivity index (χ4n) is 3.24. The molecule has 1 aromatic carbocycles. The van der Waals surface area contributed by atoms with E-state index in [1.54, 1.807) is 25.5 Å². The molecule has 8 nitrogen and oxygen atoms in total. The zero-order valence-electron chi connectivity index (χ0n) is 17.1. The molecular weight excluding hydrogens is 390 g/mol. The van der Waals surface area contributed by atoms with Crippen molar-refractivity contribution in [3.05, 3.63) is 51.8 Å². The number of ether oxygens (including phenoxy) is 1. The van der Waals surface area contributed by atoms with E-state index in [1.165, 1.54) is 11.8 Å². The van der Waals surface area contributed by atoms with Gasteiger partial charge in [-0.25, -0.2) is 4.79 Å². The summed E-state index contributed by atoms with van der Waals surface area (Å²) in [5.41, 5.74) is 5.13. The van der Waals surface area contributed by atoms with Crippen molar-refractivity contribution in [2.24, 2.45) is 0 Å². The Morgan fingerprint density at radius 2 is 1.97 bits per heavy atom. The number of nitrogens with zero attached hydrogens (tertiary/aromatic N) is 4. The average molecular weight is 414 g/mol. The van der Waals surface area contributed by atoms with Gasteiger partial charge in [0.1, 0.15) is 5.69 Å². The lowest BCUT2D eigenvalue weighted by Gasteiger charge is -2.08. The van der Waals surface area contributed by atoms with Gasteiger partial charge < -0.3 is 9.72 Å². The molecule has 3 rings (SSSR count). The number of aryl methyl sites for hydroxylation is 3. The van der Waals surface area contributed by atoms with E-state index in [1.807, 2.05) is 26.0 Å². The second-order valence-electron chi connectivity index (χ2n) is 6.72. The van der Waals surface area contributed by atoms with Crippen molar-refractivity contribution in [2.75, 3.05) is 12.4 Å². The van der Waals surface area contributed by atoms with E-state index in [0.717, 1.165) is 16.8 Å². The number of H-pyrrole nitrogens is 1. The monoisotopic (exact) mass is 413 g/mol. The Morgan fingerprint density at radius 1 is 1.21 bits per heavy atom. The second kappa shape index (κ2) is 8.60. The minimum atomic E-state index is -0.460. The lowest BCUT2D eigenvalue weighted by Crippen LogP contribution is -2.09. The summed E-state index contributed by atoms with van der Waals surface area (Å²) in [6.07, 6.45) is 0. The van der Waals surface area contributed by atoms with Crippen LogP contribution in [0, 0.1) is 27.7 Å². The zero-order valence-corrected chi connectivity index (χ0v) is 17.9. The van der Waals surface area contributed by atoms with Crippen LogP contribution in [0.25, 0.3) is 5.69 Å². The van der Waals surface area contributed by atoms with Gasteiger partial charge in [-0.3, -0.25) is 4.79 Å². The van der Waals surface area contributed by atoms with Crippen LogP contribution in [0.4, 0.5) is 0 Å². The largest absolute Gasteiger partial charge is 0.461 e. The first kappa shape index (κ1) is 20.8. The molecule has 29 heavy (non-hydrogen) atoms. The minimum Gasteiger partial charge on any atom is -0.461 e. The maximum atomic E-state index is 12.9. The number of thioether (sulfide) groups is 1. The van der Waals surface area contributed by atoms with Gasteiger partial charge in [0, 0.05) is 11.3 Å². The van der Waals surface area contributed by atoms with Crippen molar-refractivity contribution in [3.8, 4) is 5.69 Å². The van der Waals surface area contributed by atoms with E-state index < -0.39 is 5.97 Å². The lowest BCUT2D eigenvalue weighted by atomic mass is 10.1. The van der Waals surface area contributed by atoms with Crippen molar-refractivity contribution in [3.63, 3.8) is 0 Å². The predicted molar refractivity (Wildman–Crippen MR) is 110 cm³/mol. The van der Waals surface area contributed by atoms with E-state index in [9.17, 15) is 9.59 Å². The normalized spacial score (nSPS) is 10.9. The molecule has 0 spiro atoms. The van der Waals surface area contributed by atoms with Crippen molar-refractivity contribution in [1.82, 2.24) is 25.2 Å². The van der Waals surface area contributed by atoms with Gasteiger partial charge in [-0.15, -0.1) is 5.10 Å². The van der Waals surface area contributed by atoms with Crippen molar-refractivity contribution in [2.45, 2.75) is 39.8 Å².